The first-order valence-corrected chi connectivity index (χ1v) is 8.58. The predicted molar refractivity (Wildman–Crippen MR) is 77.9 cm³/mol. The number of hydrogen-bond acceptors (Lipinski definition) is 6. The first-order chi connectivity index (χ1) is 10.6. The Morgan fingerprint density at radius 1 is 1.17 bits per heavy atom. The molecule has 0 fully saturated rings. The highest BCUT2D eigenvalue weighted by Gasteiger charge is 2.39. The molecule has 5 N–H and O–H groups in total. The van der Waals surface area contributed by atoms with Gasteiger partial charge in [-0.15, -0.1) is 0 Å². The molecule has 128 valence electrons. The lowest BCUT2D eigenvalue weighted by Gasteiger charge is -2.25. The Balaban J connectivity index is 2.84. The average molecular weight is 347 g/mol. The van der Waals surface area contributed by atoms with Crippen molar-refractivity contribution in [3.05, 3.63) is 30.1 Å². The Hall–Kier alpha value is -1.80. The number of carbonyl (C=O) groups is 2. The van der Waals surface area contributed by atoms with Gasteiger partial charge in [0.25, 0.3) is 0 Å². The largest absolute Gasteiger partial charge is 0.481 e. The van der Waals surface area contributed by atoms with E-state index in [0.717, 1.165) is 0 Å². The van der Waals surface area contributed by atoms with Gasteiger partial charge in [0, 0.05) is 25.0 Å². The van der Waals surface area contributed by atoms with Crippen molar-refractivity contribution < 1.29 is 39.5 Å². The summed E-state index contributed by atoms with van der Waals surface area (Å²) in [5, 5.41) is 37.4. The van der Waals surface area contributed by atoms with Gasteiger partial charge in [-0.3, -0.25) is 19.1 Å². The van der Waals surface area contributed by atoms with Crippen LogP contribution in [0.2, 0.25) is 0 Å². The van der Waals surface area contributed by atoms with Crippen LogP contribution < -0.4 is 0 Å². The summed E-state index contributed by atoms with van der Waals surface area (Å²) in [6, 6.07) is 2.68. The molecule has 0 saturated carbocycles. The third kappa shape index (κ3) is 5.72. The zero-order valence-electron chi connectivity index (χ0n) is 12.0. The summed E-state index contributed by atoms with van der Waals surface area (Å²) in [6.07, 6.45) is -0.726. The molecule has 0 aliphatic rings. The molecule has 1 aromatic heterocycles. The number of aliphatic hydroxyl groups is 2. The van der Waals surface area contributed by atoms with Gasteiger partial charge in [0.2, 0.25) is 7.37 Å². The van der Waals surface area contributed by atoms with Gasteiger partial charge in [-0.05, 0) is 24.1 Å². The van der Waals surface area contributed by atoms with E-state index < -0.39 is 49.8 Å². The van der Waals surface area contributed by atoms with E-state index in [2.05, 4.69) is 4.98 Å². The van der Waals surface area contributed by atoms with Crippen LogP contribution >= 0.6 is 7.37 Å². The minimum atomic E-state index is -4.46. The maximum atomic E-state index is 12.2. The van der Waals surface area contributed by atoms with Gasteiger partial charge in [0.15, 0.2) is 5.85 Å². The minimum absolute atomic E-state index is 0.152. The molecule has 0 spiro atoms. The van der Waals surface area contributed by atoms with Crippen LogP contribution in [0.25, 0.3) is 0 Å². The van der Waals surface area contributed by atoms with Crippen LogP contribution in [0.1, 0.15) is 24.5 Å². The molecule has 0 amide bonds. The summed E-state index contributed by atoms with van der Waals surface area (Å²) in [7, 11) is -4.46. The summed E-state index contributed by atoms with van der Waals surface area (Å²) >= 11 is 0. The zero-order chi connectivity index (χ0) is 17.6. The number of carboxylic acids is 2. The Morgan fingerprint density at radius 3 is 2.22 bits per heavy atom. The molecule has 0 bridgehead atoms. The van der Waals surface area contributed by atoms with Crippen molar-refractivity contribution in [2.45, 2.75) is 24.8 Å². The van der Waals surface area contributed by atoms with Crippen molar-refractivity contribution in [2.75, 3.05) is 6.16 Å². The first kappa shape index (κ1) is 19.2. The molecular formula is C13H18NO8P. The molecule has 9 nitrogen and oxygen atoms in total. The lowest BCUT2D eigenvalue weighted by atomic mass is 10.1. The number of carboxylic acid groups (broad SMARTS) is 2. The number of rotatable bonds is 9. The van der Waals surface area contributed by atoms with Gasteiger partial charge in [-0.1, -0.05) is 0 Å². The topological polar surface area (TPSA) is 165 Å². The number of aliphatic carboxylic acids is 2. The van der Waals surface area contributed by atoms with E-state index in [0.29, 0.717) is 0 Å². The third-order valence-electron chi connectivity index (χ3n) is 3.28. The van der Waals surface area contributed by atoms with Crippen LogP contribution in [0.4, 0.5) is 0 Å². The Labute approximate surface area is 131 Å². The van der Waals surface area contributed by atoms with Crippen LogP contribution in [0.15, 0.2) is 24.5 Å². The van der Waals surface area contributed by atoms with E-state index in [4.69, 9.17) is 10.2 Å². The predicted octanol–water partition coefficient (Wildman–Crippen LogP) is 0.269. The van der Waals surface area contributed by atoms with Gasteiger partial charge in [0.1, 0.15) is 6.10 Å². The molecule has 0 aliphatic heterocycles. The van der Waals surface area contributed by atoms with Gasteiger partial charge in [-0.2, -0.15) is 0 Å². The van der Waals surface area contributed by atoms with E-state index in [9.17, 15) is 29.3 Å². The summed E-state index contributed by atoms with van der Waals surface area (Å²) in [5.41, 5.74) is 0.152. The molecule has 0 radical (unpaired) electrons. The monoisotopic (exact) mass is 347 g/mol. The fraction of sp³-hybridized carbons (Fsp3) is 0.462. The highest BCUT2D eigenvalue weighted by atomic mass is 31.2. The molecule has 1 aromatic rings. The highest BCUT2D eigenvalue weighted by molar-refractivity contribution is 7.58. The number of hydrogen-bond donors (Lipinski definition) is 5. The minimum Gasteiger partial charge on any atom is -0.481 e. The van der Waals surface area contributed by atoms with Crippen LogP contribution in [-0.4, -0.2) is 54.2 Å². The molecule has 1 rings (SSSR count). The normalized spacial score (nSPS) is 17.7. The van der Waals surface area contributed by atoms with Crippen LogP contribution in [0, 0.1) is 5.92 Å². The quantitative estimate of drug-likeness (QED) is 0.394. The average Bonchev–Trinajstić information content (AvgIpc) is 2.50. The Kier molecular flexibility index (Phi) is 6.83. The maximum Gasteiger partial charge on any atom is 0.307 e. The van der Waals surface area contributed by atoms with Crippen molar-refractivity contribution >= 4 is 19.3 Å². The molecule has 0 aromatic carbocycles. The third-order valence-corrected chi connectivity index (χ3v) is 5.35. The molecule has 0 saturated heterocycles. The van der Waals surface area contributed by atoms with Gasteiger partial charge >= 0.3 is 11.9 Å². The van der Waals surface area contributed by atoms with Gasteiger partial charge in [-0.25, -0.2) is 0 Å². The summed E-state index contributed by atoms with van der Waals surface area (Å²) in [6.45, 7) is 0. The van der Waals surface area contributed by atoms with E-state index >= 15 is 0 Å². The lowest BCUT2D eigenvalue weighted by molar-refractivity contribution is -0.142. The molecule has 23 heavy (non-hydrogen) atoms. The van der Waals surface area contributed by atoms with Crippen molar-refractivity contribution in [1.82, 2.24) is 4.98 Å². The Morgan fingerprint density at radius 2 is 1.74 bits per heavy atom. The smallest absolute Gasteiger partial charge is 0.307 e. The summed E-state index contributed by atoms with van der Waals surface area (Å²) in [4.78, 5) is 35.2. The molecule has 10 heteroatoms. The highest BCUT2D eigenvalue weighted by Crippen LogP contribution is 2.51. The van der Waals surface area contributed by atoms with E-state index in [-0.39, 0.29) is 12.0 Å². The SMILES string of the molecule is O=C(O)CCC(CP(=O)(O)C(O)C(O)c1ccncc1)C(=O)O. The van der Waals surface area contributed by atoms with Crippen molar-refractivity contribution in [3.63, 3.8) is 0 Å². The number of nitrogens with zero attached hydrogens (tertiary/aromatic N) is 1. The second-order valence-corrected chi connectivity index (χ2v) is 7.45. The standard InChI is InChI=1S/C13H18NO8P/c15-10(16)2-1-9(12(18)19)7-23(21,22)13(20)11(17)8-3-5-14-6-4-8/h3-6,9,11,13,17,20H,1-2,7H2,(H,15,16)(H,18,19)(H,21,22). The summed E-state index contributed by atoms with van der Waals surface area (Å²) < 4.78 is 12.2. The van der Waals surface area contributed by atoms with Crippen molar-refractivity contribution in [2.24, 2.45) is 5.92 Å². The number of aliphatic hydroxyl groups excluding tert-OH is 2. The second kappa shape index (κ2) is 8.16. The number of aromatic nitrogens is 1. The van der Waals surface area contributed by atoms with Crippen LogP contribution in [0.3, 0.4) is 0 Å². The molecule has 4 atom stereocenters. The van der Waals surface area contributed by atoms with Crippen molar-refractivity contribution in [3.8, 4) is 0 Å². The molecule has 1 heterocycles. The zero-order valence-corrected chi connectivity index (χ0v) is 12.9. The fourth-order valence-corrected chi connectivity index (χ4v) is 3.77. The van der Waals surface area contributed by atoms with E-state index in [1.54, 1.807) is 0 Å². The van der Waals surface area contributed by atoms with E-state index in [1.165, 1.54) is 24.5 Å². The summed E-state index contributed by atoms with van der Waals surface area (Å²) in [5.74, 6) is -6.18. The first-order valence-electron chi connectivity index (χ1n) is 6.67. The van der Waals surface area contributed by atoms with Crippen molar-refractivity contribution in [1.29, 1.82) is 0 Å². The van der Waals surface area contributed by atoms with Crippen LogP contribution in [0.5, 0.6) is 0 Å². The maximum absolute atomic E-state index is 12.2. The Bertz CT molecular complexity index is 593. The second-order valence-electron chi connectivity index (χ2n) is 5.04. The van der Waals surface area contributed by atoms with E-state index in [1.807, 2.05) is 0 Å². The number of pyridine rings is 1. The molecular weight excluding hydrogens is 329 g/mol. The van der Waals surface area contributed by atoms with Crippen LogP contribution in [-0.2, 0) is 14.2 Å². The molecule has 0 aliphatic carbocycles. The van der Waals surface area contributed by atoms with Gasteiger partial charge in [0.05, 0.1) is 5.92 Å². The fourth-order valence-electron chi connectivity index (χ4n) is 1.97. The molecule has 4 unspecified atom stereocenters. The van der Waals surface area contributed by atoms with Gasteiger partial charge < -0.3 is 25.3 Å². The lowest BCUT2D eigenvalue weighted by Crippen LogP contribution is -2.26.